The molecular weight excluding hydrogens is 434 g/mol. The zero-order valence-electron chi connectivity index (χ0n) is 21.3. The highest BCUT2D eigenvalue weighted by Gasteiger charge is 2.25. The van der Waals surface area contributed by atoms with E-state index in [9.17, 15) is 4.79 Å². The van der Waals surface area contributed by atoms with E-state index >= 15 is 0 Å². The highest BCUT2D eigenvalue weighted by Crippen LogP contribution is 2.28. The third-order valence-electron chi connectivity index (χ3n) is 8.09. The van der Waals surface area contributed by atoms with E-state index in [-0.39, 0.29) is 11.9 Å². The minimum absolute atomic E-state index is 0.0339. The summed E-state index contributed by atoms with van der Waals surface area (Å²) in [5, 5.41) is 3.27. The molecule has 0 radical (unpaired) electrons. The standard InChI is InChI=1S/C30H41N3O2/c1-32-16-13-27(14-17-32)31-30(34)25-11-12-29-26(21-25)20-23-7-5-8-24(19-23)22-33(28-9-6-10-28)15-3-2-4-18-35-29/h5,7-8,11-12,19,21,27-28H,2-4,6,9-10,13-18,20,22H2,1H3,(H,31,34). The van der Waals surface area contributed by atoms with Crippen molar-refractivity contribution in [3.8, 4) is 5.75 Å². The van der Waals surface area contributed by atoms with Crippen molar-refractivity contribution >= 4 is 5.91 Å². The maximum atomic E-state index is 13.1. The van der Waals surface area contributed by atoms with Crippen molar-refractivity contribution in [2.45, 2.75) is 76.4 Å². The Morgan fingerprint density at radius 3 is 2.54 bits per heavy atom. The van der Waals surface area contributed by atoms with Crippen molar-refractivity contribution in [3.63, 3.8) is 0 Å². The van der Waals surface area contributed by atoms with Crippen molar-refractivity contribution in [1.29, 1.82) is 0 Å². The van der Waals surface area contributed by atoms with Gasteiger partial charge in [0, 0.05) is 30.6 Å². The summed E-state index contributed by atoms with van der Waals surface area (Å²) in [5.74, 6) is 0.950. The van der Waals surface area contributed by atoms with Gasteiger partial charge in [0.15, 0.2) is 0 Å². The van der Waals surface area contributed by atoms with Crippen LogP contribution in [0.25, 0.3) is 0 Å². The number of nitrogens with zero attached hydrogens (tertiary/aromatic N) is 2. The number of nitrogens with one attached hydrogen (secondary N) is 1. The molecule has 2 bridgehead atoms. The average molecular weight is 476 g/mol. The number of benzene rings is 2. The van der Waals surface area contributed by atoms with Crippen LogP contribution in [0.5, 0.6) is 5.75 Å². The Morgan fingerprint density at radius 1 is 0.914 bits per heavy atom. The summed E-state index contributed by atoms with van der Waals surface area (Å²) >= 11 is 0. The fourth-order valence-electron chi connectivity index (χ4n) is 5.63. The van der Waals surface area contributed by atoms with Crippen molar-refractivity contribution in [2.75, 3.05) is 33.3 Å². The monoisotopic (exact) mass is 475 g/mol. The zero-order valence-corrected chi connectivity index (χ0v) is 21.3. The predicted octanol–water partition coefficient (Wildman–Crippen LogP) is 5.02. The number of carbonyl (C=O) groups excluding carboxylic acids is 1. The van der Waals surface area contributed by atoms with Crippen LogP contribution in [-0.4, -0.2) is 61.1 Å². The lowest BCUT2D eigenvalue weighted by Gasteiger charge is -2.38. The topological polar surface area (TPSA) is 44.8 Å². The first-order valence-corrected chi connectivity index (χ1v) is 13.7. The Kier molecular flexibility index (Phi) is 8.05. The molecule has 1 saturated heterocycles. The number of amides is 1. The van der Waals surface area contributed by atoms with E-state index in [0.717, 1.165) is 74.8 Å². The molecule has 1 saturated carbocycles. The molecule has 3 aliphatic rings. The molecule has 1 N–H and O–H groups in total. The summed E-state index contributed by atoms with van der Waals surface area (Å²) in [4.78, 5) is 18.1. The molecule has 5 rings (SSSR count). The molecule has 5 heteroatoms. The summed E-state index contributed by atoms with van der Waals surface area (Å²) in [6, 6.07) is 16.0. The minimum atomic E-state index is 0.0339. The van der Waals surface area contributed by atoms with Crippen LogP contribution < -0.4 is 10.1 Å². The lowest BCUT2D eigenvalue weighted by molar-refractivity contribution is 0.0916. The summed E-state index contributed by atoms with van der Waals surface area (Å²) in [6.45, 7) is 5.04. The lowest BCUT2D eigenvalue weighted by Crippen LogP contribution is -2.43. The van der Waals surface area contributed by atoms with Crippen molar-refractivity contribution in [3.05, 3.63) is 64.7 Å². The third kappa shape index (κ3) is 6.45. The minimum Gasteiger partial charge on any atom is -0.493 e. The molecule has 0 spiro atoms. The van der Waals surface area contributed by atoms with E-state index in [4.69, 9.17) is 4.74 Å². The first-order chi connectivity index (χ1) is 17.1. The van der Waals surface area contributed by atoms with Crippen LogP contribution in [0.1, 0.15) is 78.4 Å². The summed E-state index contributed by atoms with van der Waals surface area (Å²) in [7, 11) is 2.14. The fraction of sp³-hybridized carbons (Fsp3) is 0.567. The molecule has 35 heavy (non-hydrogen) atoms. The van der Waals surface area contributed by atoms with Gasteiger partial charge >= 0.3 is 0 Å². The normalized spacial score (nSPS) is 21.3. The van der Waals surface area contributed by atoms with Gasteiger partial charge in [0.25, 0.3) is 5.91 Å². The highest BCUT2D eigenvalue weighted by atomic mass is 16.5. The number of carbonyl (C=O) groups is 1. The van der Waals surface area contributed by atoms with E-state index in [1.807, 2.05) is 12.1 Å². The van der Waals surface area contributed by atoms with E-state index in [1.165, 1.54) is 49.8 Å². The van der Waals surface area contributed by atoms with Crippen LogP contribution in [0.2, 0.25) is 0 Å². The molecule has 2 heterocycles. The Labute approximate surface area is 210 Å². The van der Waals surface area contributed by atoms with Crippen molar-refractivity contribution < 1.29 is 9.53 Å². The average Bonchev–Trinajstić information content (AvgIpc) is 2.82. The second-order valence-electron chi connectivity index (χ2n) is 10.8. The number of likely N-dealkylation sites (tertiary alicyclic amines) is 1. The van der Waals surface area contributed by atoms with Crippen LogP contribution in [0.3, 0.4) is 0 Å². The quantitative estimate of drug-likeness (QED) is 0.677. The summed E-state index contributed by atoms with van der Waals surface area (Å²) in [5.41, 5.74) is 4.52. The fourth-order valence-corrected chi connectivity index (χ4v) is 5.63. The Morgan fingerprint density at radius 2 is 1.74 bits per heavy atom. The van der Waals surface area contributed by atoms with Gasteiger partial charge < -0.3 is 15.0 Å². The number of rotatable bonds is 3. The maximum Gasteiger partial charge on any atom is 0.251 e. The van der Waals surface area contributed by atoms with Crippen LogP contribution in [-0.2, 0) is 13.0 Å². The first-order valence-electron chi connectivity index (χ1n) is 13.7. The molecule has 2 aromatic rings. The van der Waals surface area contributed by atoms with E-state index in [1.54, 1.807) is 0 Å². The molecule has 2 aliphatic heterocycles. The van der Waals surface area contributed by atoms with Gasteiger partial charge in [-0.05, 0) is 107 Å². The lowest BCUT2D eigenvalue weighted by atomic mass is 9.90. The molecule has 188 valence electrons. The van der Waals surface area contributed by atoms with Gasteiger partial charge in [0.05, 0.1) is 6.61 Å². The second kappa shape index (κ2) is 11.6. The molecule has 1 aliphatic carbocycles. The largest absolute Gasteiger partial charge is 0.493 e. The van der Waals surface area contributed by atoms with Gasteiger partial charge in [-0.2, -0.15) is 0 Å². The second-order valence-corrected chi connectivity index (χ2v) is 10.8. The number of ether oxygens (including phenoxy) is 1. The SMILES string of the molecule is CN1CCC(NC(=O)c2ccc3c(c2)Cc2cccc(c2)CN(C2CCC2)CCCCCO3)CC1. The number of hydrogen-bond acceptors (Lipinski definition) is 4. The Bertz CT molecular complexity index is 995. The van der Waals surface area contributed by atoms with Crippen LogP contribution in [0.4, 0.5) is 0 Å². The van der Waals surface area contributed by atoms with Crippen LogP contribution in [0, 0.1) is 0 Å². The first kappa shape index (κ1) is 24.3. The molecular formula is C30H41N3O2. The Balaban J connectivity index is 1.34. The highest BCUT2D eigenvalue weighted by molar-refractivity contribution is 5.94. The van der Waals surface area contributed by atoms with Gasteiger partial charge in [-0.3, -0.25) is 9.69 Å². The predicted molar refractivity (Wildman–Crippen MR) is 141 cm³/mol. The third-order valence-corrected chi connectivity index (χ3v) is 8.09. The van der Waals surface area contributed by atoms with Crippen molar-refractivity contribution in [2.24, 2.45) is 0 Å². The number of fused-ring (bicyclic) bond motifs is 3. The Hall–Kier alpha value is -2.37. The van der Waals surface area contributed by atoms with Crippen LogP contribution in [0.15, 0.2) is 42.5 Å². The van der Waals surface area contributed by atoms with Gasteiger partial charge in [-0.25, -0.2) is 0 Å². The van der Waals surface area contributed by atoms with E-state index in [2.05, 4.69) is 52.5 Å². The molecule has 1 amide bonds. The summed E-state index contributed by atoms with van der Waals surface area (Å²) < 4.78 is 6.26. The smallest absolute Gasteiger partial charge is 0.251 e. The zero-order chi connectivity index (χ0) is 24.0. The summed E-state index contributed by atoms with van der Waals surface area (Å²) in [6.07, 6.45) is 10.4. The molecule has 2 aromatic carbocycles. The van der Waals surface area contributed by atoms with Crippen LogP contribution >= 0.6 is 0 Å². The van der Waals surface area contributed by atoms with Gasteiger partial charge in [0.2, 0.25) is 0 Å². The molecule has 2 fully saturated rings. The molecule has 0 aromatic heterocycles. The van der Waals surface area contributed by atoms with Gasteiger partial charge in [-0.1, -0.05) is 30.7 Å². The number of hydrogen-bond donors (Lipinski definition) is 1. The van der Waals surface area contributed by atoms with E-state index < -0.39 is 0 Å². The molecule has 5 nitrogen and oxygen atoms in total. The molecule has 0 unspecified atom stereocenters. The maximum absolute atomic E-state index is 13.1. The number of piperidine rings is 1. The van der Waals surface area contributed by atoms with E-state index in [0.29, 0.717) is 0 Å². The van der Waals surface area contributed by atoms with Gasteiger partial charge in [0.1, 0.15) is 5.75 Å². The molecule has 0 atom stereocenters. The van der Waals surface area contributed by atoms with Crippen molar-refractivity contribution in [1.82, 2.24) is 15.1 Å². The van der Waals surface area contributed by atoms with Gasteiger partial charge in [-0.15, -0.1) is 0 Å².